The molecular weight excluding hydrogens is 216 g/mol. The summed E-state index contributed by atoms with van der Waals surface area (Å²) in [6, 6.07) is 0. The van der Waals surface area contributed by atoms with E-state index in [0.717, 1.165) is 18.8 Å². The summed E-state index contributed by atoms with van der Waals surface area (Å²) in [6.45, 7) is 1.89. The zero-order valence-electron chi connectivity index (χ0n) is 11.6. The molecule has 0 aromatic carbocycles. The fourth-order valence-corrected chi connectivity index (χ4v) is 2.71. The third-order valence-corrected chi connectivity index (χ3v) is 3.95. The monoisotopic (exact) mass is 244 g/mol. The summed E-state index contributed by atoms with van der Waals surface area (Å²) >= 11 is 0. The first kappa shape index (κ1) is 14.9. The van der Waals surface area contributed by atoms with E-state index in [9.17, 15) is 5.11 Å². The number of methoxy groups -OCH3 is 2. The summed E-state index contributed by atoms with van der Waals surface area (Å²) in [5.41, 5.74) is -0.672. The highest BCUT2D eigenvalue weighted by atomic mass is 16.7. The fraction of sp³-hybridized carbons (Fsp3) is 1.00. The van der Waals surface area contributed by atoms with E-state index in [4.69, 9.17) is 9.47 Å². The molecule has 0 aliphatic heterocycles. The van der Waals surface area contributed by atoms with Gasteiger partial charge < -0.3 is 14.6 Å². The second-order valence-electron chi connectivity index (χ2n) is 5.64. The van der Waals surface area contributed by atoms with Gasteiger partial charge in [-0.3, -0.25) is 0 Å². The quantitative estimate of drug-likeness (QED) is 0.699. The lowest BCUT2D eigenvalue weighted by Crippen LogP contribution is -2.32. The van der Waals surface area contributed by atoms with Crippen molar-refractivity contribution in [1.29, 1.82) is 0 Å². The van der Waals surface area contributed by atoms with Crippen molar-refractivity contribution in [2.24, 2.45) is 5.92 Å². The van der Waals surface area contributed by atoms with E-state index in [0.29, 0.717) is 6.42 Å². The summed E-state index contributed by atoms with van der Waals surface area (Å²) in [4.78, 5) is 0. The van der Waals surface area contributed by atoms with Crippen molar-refractivity contribution < 1.29 is 14.6 Å². The molecule has 17 heavy (non-hydrogen) atoms. The van der Waals surface area contributed by atoms with E-state index in [1.807, 2.05) is 6.92 Å². The summed E-state index contributed by atoms with van der Waals surface area (Å²) in [7, 11) is 3.23. The molecule has 0 saturated heterocycles. The minimum atomic E-state index is -0.672. The molecule has 3 nitrogen and oxygen atoms in total. The zero-order valence-corrected chi connectivity index (χ0v) is 11.6. The predicted octanol–water partition coefficient (Wildman–Crippen LogP) is 3.11. The van der Waals surface area contributed by atoms with Crippen molar-refractivity contribution in [1.82, 2.24) is 0 Å². The maximum absolute atomic E-state index is 10.3. The third kappa shape index (κ3) is 5.84. The zero-order chi connectivity index (χ0) is 12.7. The van der Waals surface area contributed by atoms with Crippen LogP contribution in [0, 0.1) is 5.92 Å². The first-order valence-electron chi connectivity index (χ1n) is 6.85. The van der Waals surface area contributed by atoms with Crippen LogP contribution in [0.4, 0.5) is 0 Å². The Kier molecular flexibility index (Phi) is 6.45. The summed E-state index contributed by atoms with van der Waals surface area (Å²) in [5, 5.41) is 10.3. The van der Waals surface area contributed by atoms with Crippen LogP contribution >= 0.6 is 0 Å². The minimum Gasteiger partial charge on any atom is -0.390 e. The maximum atomic E-state index is 10.3. The minimum absolute atomic E-state index is 0.295. The highest BCUT2D eigenvalue weighted by Gasteiger charge is 2.27. The summed E-state index contributed by atoms with van der Waals surface area (Å²) < 4.78 is 10.3. The van der Waals surface area contributed by atoms with Crippen LogP contribution in [0.3, 0.4) is 0 Å². The second-order valence-corrected chi connectivity index (χ2v) is 5.64. The van der Waals surface area contributed by atoms with Crippen molar-refractivity contribution in [2.75, 3.05) is 14.2 Å². The van der Waals surface area contributed by atoms with Crippen LogP contribution in [-0.2, 0) is 9.47 Å². The number of rotatable bonds is 7. The lowest BCUT2D eigenvalue weighted by Gasteiger charge is -2.30. The Morgan fingerprint density at radius 1 is 1.18 bits per heavy atom. The number of hydrogen-bond donors (Lipinski definition) is 1. The molecule has 0 aromatic rings. The maximum Gasteiger partial charge on any atom is 0.159 e. The molecule has 1 fully saturated rings. The van der Waals surface area contributed by atoms with Gasteiger partial charge in [0.05, 0.1) is 5.60 Å². The van der Waals surface area contributed by atoms with E-state index in [1.165, 1.54) is 32.1 Å². The fourth-order valence-electron chi connectivity index (χ4n) is 2.71. The Labute approximate surface area is 105 Å². The van der Waals surface area contributed by atoms with Crippen LogP contribution < -0.4 is 0 Å². The Morgan fingerprint density at radius 3 is 2.29 bits per heavy atom. The van der Waals surface area contributed by atoms with Crippen molar-refractivity contribution in [3.8, 4) is 0 Å². The molecule has 1 saturated carbocycles. The van der Waals surface area contributed by atoms with Crippen LogP contribution in [0.5, 0.6) is 0 Å². The Bertz CT molecular complexity index is 194. The van der Waals surface area contributed by atoms with Crippen LogP contribution in [0.2, 0.25) is 0 Å². The van der Waals surface area contributed by atoms with E-state index in [-0.39, 0.29) is 6.29 Å². The molecule has 1 unspecified atom stereocenters. The van der Waals surface area contributed by atoms with Gasteiger partial charge in [0.15, 0.2) is 6.29 Å². The van der Waals surface area contributed by atoms with Gasteiger partial charge in [-0.25, -0.2) is 0 Å². The van der Waals surface area contributed by atoms with Gasteiger partial charge in [-0.15, -0.1) is 0 Å². The number of hydrogen-bond acceptors (Lipinski definition) is 3. The number of aliphatic hydroxyl groups is 1. The first-order chi connectivity index (χ1) is 8.07. The molecule has 0 amide bonds. The molecule has 0 bridgehead atoms. The van der Waals surface area contributed by atoms with E-state index in [1.54, 1.807) is 14.2 Å². The standard InChI is InChI=1S/C14H28O3/c1-14(15,11-13(16-2)17-3)10-9-12-7-5-4-6-8-12/h12-13,15H,4-11H2,1-3H3. The lowest BCUT2D eigenvalue weighted by molar-refractivity contribution is -0.142. The predicted molar refractivity (Wildman–Crippen MR) is 68.9 cm³/mol. The SMILES string of the molecule is COC(CC(C)(O)CCC1CCCCC1)OC. The highest BCUT2D eigenvalue weighted by molar-refractivity contribution is 4.77. The Morgan fingerprint density at radius 2 is 1.76 bits per heavy atom. The van der Waals surface area contributed by atoms with Gasteiger partial charge in [-0.05, 0) is 25.7 Å². The average molecular weight is 244 g/mol. The van der Waals surface area contributed by atoms with E-state index >= 15 is 0 Å². The first-order valence-corrected chi connectivity index (χ1v) is 6.85. The van der Waals surface area contributed by atoms with Gasteiger partial charge in [-0.2, -0.15) is 0 Å². The van der Waals surface area contributed by atoms with Gasteiger partial charge in [-0.1, -0.05) is 32.1 Å². The van der Waals surface area contributed by atoms with E-state index in [2.05, 4.69) is 0 Å². The Hall–Kier alpha value is -0.120. The molecule has 1 rings (SSSR count). The average Bonchev–Trinajstić information content (AvgIpc) is 2.35. The van der Waals surface area contributed by atoms with Crippen LogP contribution in [0.1, 0.15) is 58.3 Å². The van der Waals surface area contributed by atoms with Crippen LogP contribution in [0.15, 0.2) is 0 Å². The topological polar surface area (TPSA) is 38.7 Å². The van der Waals surface area contributed by atoms with Crippen molar-refractivity contribution >= 4 is 0 Å². The molecule has 102 valence electrons. The summed E-state index contributed by atoms with van der Waals surface area (Å²) in [5.74, 6) is 0.818. The molecule has 3 heteroatoms. The number of ether oxygens (including phenoxy) is 2. The van der Waals surface area contributed by atoms with Crippen molar-refractivity contribution in [3.05, 3.63) is 0 Å². The molecule has 1 N–H and O–H groups in total. The van der Waals surface area contributed by atoms with Crippen LogP contribution in [0.25, 0.3) is 0 Å². The molecule has 1 atom stereocenters. The van der Waals surface area contributed by atoms with Crippen LogP contribution in [-0.4, -0.2) is 31.2 Å². The van der Waals surface area contributed by atoms with Gasteiger partial charge in [0.1, 0.15) is 0 Å². The van der Waals surface area contributed by atoms with Crippen molar-refractivity contribution in [3.63, 3.8) is 0 Å². The largest absolute Gasteiger partial charge is 0.390 e. The van der Waals surface area contributed by atoms with Gasteiger partial charge in [0.25, 0.3) is 0 Å². The smallest absolute Gasteiger partial charge is 0.159 e. The van der Waals surface area contributed by atoms with Gasteiger partial charge in [0, 0.05) is 20.6 Å². The Balaban J connectivity index is 2.27. The molecule has 0 aromatic heterocycles. The van der Waals surface area contributed by atoms with E-state index < -0.39 is 5.60 Å². The molecule has 0 heterocycles. The van der Waals surface area contributed by atoms with Gasteiger partial charge in [0.2, 0.25) is 0 Å². The van der Waals surface area contributed by atoms with Gasteiger partial charge >= 0.3 is 0 Å². The normalized spacial score (nSPS) is 21.7. The molecule has 0 radical (unpaired) electrons. The highest BCUT2D eigenvalue weighted by Crippen LogP contribution is 2.31. The second kappa shape index (κ2) is 7.34. The molecule has 1 aliphatic carbocycles. The third-order valence-electron chi connectivity index (χ3n) is 3.95. The molecule has 0 spiro atoms. The summed E-state index contributed by atoms with van der Waals surface area (Å²) in [6.07, 6.45) is 9.04. The van der Waals surface area contributed by atoms with Crippen molar-refractivity contribution in [2.45, 2.75) is 70.2 Å². The lowest BCUT2D eigenvalue weighted by atomic mass is 9.82. The molecule has 1 aliphatic rings. The molecular formula is C14H28O3.